The van der Waals surface area contributed by atoms with Crippen molar-refractivity contribution in [1.82, 2.24) is 19.9 Å². The fraction of sp³-hybridized carbons (Fsp3) is 0.240. The minimum atomic E-state index is 0.196. The van der Waals surface area contributed by atoms with Gasteiger partial charge in [0, 0.05) is 50.5 Å². The van der Waals surface area contributed by atoms with E-state index in [1.54, 1.807) is 6.07 Å². The molecule has 0 unspecified atom stereocenters. The van der Waals surface area contributed by atoms with Gasteiger partial charge in [-0.05, 0) is 48.4 Å². The Kier molecular flexibility index (Phi) is 5.22. The SMILES string of the molecule is Cc1ccc2c(N3CCN(Cc4cccnc4)CC3)nc(-c3ccccc3O)nc2c1. The highest BCUT2D eigenvalue weighted by Gasteiger charge is 2.22. The van der Waals surface area contributed by atoms with Gasteiger partial charge < -0.3 is 10.0 Å². The van der Waals surface area contributed by atoms with Crippen LogP contribution >= 0.6 is 0 Å². The number of piperazine rings is 1. The summed E-state index contributed by atoms with van der Waals surface area (Å²) in [6.45, 7) is 6.67. The summed E-state index contributed by atoms with van der Waals surface area (Å²) in [4.78, 5) is 18.7. The maximum absolute atomic E-state index is 10.4. The Hall–Kier alpha value is -3.51. The zero-order valence-corrected chi connectivity index (χ0v) is 17.6. The molecule has 1 aliphatic heterocycles. The van der Waals surface area contributed by atoms with Crippen molar-refractivity contribution in [1.29, 1.82) is 0 Å². The molecule has 6 nitrogen and oxygen atoms in total. The Bertz CT molecular complexity index is 1200. The molecule has 1 saturated heterocycles. The number of rotatable bonds is 4. The second-order valence-electron chi connectivity index (χ2n) is 8.03. The lowest BCUT2D eigenvalue weighted by atomic mass is 10.1. The van der Waals surface area contributed by atoms with E-state index >= 15 is 0 Å². The van der Waals surface area contributed by atoms with Crippen molar-refractivity contribution in [3.05, 3.63) is 78.1 Å². The predicted molar refractivity (Wildman–Crippen MR) is 123 cm³/mol. The summed E-state index contributed by atoms with van der Waals surface area (Å²) in [5.74, 6) is 1.69. The van der Waals surface area contributed by atoms with Crippen LogP contribution in [0.4, 0.5) is 5.82 Å². The third-order valence-electron chi connectivity index (χ3n) is 5.78. The van der Waals surface area contributed by atoms with Gasteiger partial charge in [-0.3, -0.25) is 9.88 Å². The van der Waals surface area contributed by atoms with Crippen LogP contribution < -0.4 is 4.90 Å². The molecule has 1 fully saturated rings. The lowest BCUT2D eigenvalue weighted by Gasteiger charge is -2.36. The van der Waals surface area contributed by atoms with Crippen LogP contribution in [-0.4, -0.2) is 51.1 Å². The van der Waals surface area contributed by atoms with E-state index in [-0.39, 0.29) is 5.75 Å². The summed E-state index contributed by atoms with van der Waals surface area (Å²) in [6, 6.07) is 17.7. The lowest BCUT2D eigenvalue weighted by molar-refractivity contribution is 0.249. The van der Waals surface area contributed by atoms with Crippen molar-refractivity contribution in [2.45, 2.75) is 13.5 Å². The average Bonchev–Trinajstić information content (AvgIpc) is 2.80. The molecule has 0 aliphatic carbocycles. The number of phenolic OH excluding ortho intramolecular Hbond substituents is 1. The zero-order valence-electron chi connectivity index (χ0n) is 17.6. The number of anilines is 1. The molecule has 0 radical (unpaired) electrons. The average molecular weight is 412 g/mol. The lowest BCUT2D eigenvalue weighted by Crippen LogP contribution is -2.46. The first kappa shape index (κ1) is 19.5. The maximum Gasteiger partial charge on any atom is 0.165 e. The van der Waals surface area contributed by atoms with E-state index < -0.39 is 0 Å². The van der Waals surface area contributed by atoms with E-state index in [1.165, 1.54) is 5.56 Å². The first-order valence-corrected chi connectivity index (χ1v) is 10.6. The van der Waals surface area contributed by atoms with E-state index in [1.807, 2.05) is 36.7 Å². The van der Waals surface area contributed by atoms with Crippen molar-refractivity contribution in [3.63, 3.8) is 0 Å². The molecule has 4 aromatic rings. The zero-order chi connectivity index (χ0) is 21.2. The van der Waals surface area contributed by atoms with Gasteiger partial charge in [0.05, 0.1) is 11.1 Å². The number of benzene rings is 2. The fourth-order valence-electron chi connectivity index (χ4n) is 4.11. The first-order chi connectivity index (χ1) is 15.2. The van der Waals surface area contributed by atoms with Gasteiger partial charge in [-0.1, -0.05) is 24.3 Å². The molecule has 0 bridgehead atoms. The third-order valence-corrected chi connectivity index (χ3v) is 5.78. The van der Waals surface area contributed by atoms with Gasteiger partial charge in [-0.15, -0.1) is 0 Å². The van der Waals surface area contributed by atoms with Crippen molar-refractivity contribution < 1.29 is 5.11 Å². The molecule has 3 heterocycles. The van der Waals surface area contributed by atoms with Gasteiger partial charge in [0.2, 0.25) is 0 Å². The molecule has 0 saturated carbocycles. The van der Waals surface area contributed by atoms with Crippen LogP contribution in [0.1, 0.15) is 11.1 Å². The van der Waals surface area contributed by atoms with Crippen LogP contribution in [0.5, 0.6) is 5.75 Å². The number of nitrogens with zero attached hydrogens (tertiary/aromatic N) is 5. The van der Waals surface area contributed by atoms with E-state index in [2.05, 4.69) is 46.0 Å². The summed E-state index contributed by atoms with van der Waals surface area (Å²) < 4.78 is 0. The molecule has 31 heavy (non-hydrogen) atoms. The van der Waals surface area contributed by atoms with Crippen LogP contribution in [0.3, 0.4) is 0 Å². The van der Waals surface area contributed by atoms with Crippen molar-refractivity contribution in [3.8, 4) is 17.1 Å². The van der Waals surface area contributed by atoms with E-state index in [9.17, 15) is 5.11 Å². The van der Waals surface area contributed by atoms with Gasteiger partial charge in [-0.2, -0.15) is 0 Å². The number of hydrogen-bond acceptors (Lipinski definition) is 6. The van der Waals surface area contributed by atoms with Crippen LogP contribution in [-0.2, 0) is 6.54 Å². The number of fused-ring (bicyclic) bond motifs is 1. The second kappa shape index (κ2) is 8.32. The molecule has 2 aromatic heterocycles. The number of aromatic nitrogens is 3. The minimum absolute atomic E-state index is 0.196. The van der Waals surface area contributed by atoms with E-state index in [0.29, 0.717) is 11.4 Å². The monoisotopic (exact) mass is 411 g/mol. The molecule has 6 heteroatoms. The number of hydrogen-bond donors (Lipinski definition) is 1. The van der Waals surface area contributed by atoms with Crippen molar-refractivity contribution in [2.24, 2.45) is 0 Å². The van der Waals surface area contributed by atoms with Gasteiger partial charge in [0.25, 0.3) is 0 Å². The molecular formula is C25H25N5O. The normalized spacial score (nSPS) is 14.8. The van der Waals surface area contributed by atoms with Gasteiger partial charge in [0.1, 0.15) is 11.6 Å². The molecule has 0 atom stereocenters. The molecule has 0 amide bonds. The molecule has 1 aliphatic rings. The Labute approximate surface area is 181 Å². The highest BCUT2D eigenvalue weighted by Crippen LogP contribution is 2.32. The highest BCUT2D eigenvalue weighted by atomic mass is 16.3. The highest BCUT2D eigenvalue weighted by molar-refractivity contribution is 5.92. The Morgan fingerprint density at radius 1 is 0.935 bits per heavy atom. The summed E-state index contributed by atoms with van der Waals surface area (Å²) in [5, 5.41) is 11.4. The first-order valence-electron chi connectivity index (χ1n) is 10.6. The summed E-state index contributed by atoms with van der Waals surface area (Å²) in [6.07, 6.45) is 3.75. The summed E-state index contributed by atoms with van der Waals surface area (Å²) >= 11 is 0. The van der Waals surface area contributed by atoms with Crippen LogP contribution in [0, 0.1) is 6.92 Å². The van der Waals surface area contributed by atoms with Gasteiger partial charge >= 0.3 is 0 Å². The van der Waals surface area contributed by atoms with E-state index in [4.69, 9.17) is 9.97 Å². The quantitative estimate of drug-likeness (QED) is 0.547. The van der Waals surface area contributed by atoms with Crippen molar-refractivity contribution >= 4 is 16.7 Å². The molecule has 156 valence electrons. The number of pyridine rings is 1. The smallest absolute Gasteiger partial charge is 0.165 e. The molecule has 5 rings (SSSR count). The topological polar surface area (TPSA) is 65.4 Å². The molecule has 2 aromatic carbocycles. The molecule has 0 spiro atoms. The number of aromatic hydroxyl groups is 1. The third kappa shape index (κ3) is 4.07. The molecule has 1 N–H and O–H groups in total. The summed E-state index contributed by atoms with van der Waals surface area (Å²) in [7, 11) is 0. The summed E-state index contributed by atoms with van der Waals surface area (Å²) in [5.41, 5.74) is 3.95. The number of para-hydroxylation sites is 1. The Morgan fingerprint density at radius 2 is 1.77 bits per heavy atom. The predicted octanol–water partition coefficient (Wildman–Crippen LogP) is 4.03. The van der Waals surface area contributed by atoms with E-state index in [0.717, 1.165) is 55.0 Å². The van der Waals surface area contributed by atoms with Crippen LogP contribution in [0.2, 0.25) is 0 Å². The minimum Gasteiger partial charge on any atom is -0.507 e. The number of aryl methyl sites for hydroxylation is 1. The largest absolute Gasteiger partial charge is 0.507 e. The van der Waals surface area contributed by atoms with Crippen LogP contribution in [0.25, 0.3) is 22.3 Å². The molecular weight excluding hydrogens is 386 g/mol. The van der Waals surface area contributed by atoms with Crippen LogP contribution in [0.15, 0.2) is 67.0 Å². The van der Waals surface area contributed by atoms with Gasteiger partial charge in [-0.25, -0.2) is 9.97 Å². The Balaban J connectivity index is 1.46. The van der Waals surface area contributed by atoms with Crippen molar-refractivity contribution in [2.75, 3.05) is 31.1 Å². The Morgan fingerprint density at radius 3 is 2.55 bits per heavy atom. The maximum atomic E-state index is 10.4. The second-order valence-corrected chi connectivity index (χ2v) is 8.03. The number of phenols is 1. The standard InChI is InChI=1S/C25H25N5O/c1-18-8-9-20-22(15-18)27-24(21-6-2-3-7-23(21)31)28-25(20)30-13-11-29(12-14-30)17-19-5-4-10-26-16-19/h2-10,15-16,31H,11-14,17H2,1H3. The van der Waals surface area contributed by atoms with Gasteiger partial charge in [0.15, 0.2) is 5.82 Å². The fourth-order valence-corrected chi connectivity index (χ4v) is 4.11.